The van der Waals surface area contributed by atoms with E-state index in [1.807, 2.05) is 0 Å². The van der Waals surface area contributed by atoms with Crippen LogP contribution in [0, 0.1) is 0 Å². The summed E-state index contributed by atoms with van der Waals surface area (Å²) in [5.74, 6) is 0.523. The summed E-state index contributed by atoms with van der Waals surface area (Å²) in [6, 6.07) is 1.71. The van der Waals surface area contributed by atoms with E-state index in [0.29, 0.717) is 10.6 Å². The predicted molar refractivity (Wildman–Crippen MR) is 74.3 cm³/mol. The highest BCUT2D eigenvalue weighted by Crippen LogP contribution is 2.35. The number of carbonyl (C=O) groups excluding carboxylic acids is 1. The molecular weight excluding hydrogens is 318 g/mol. The van der Waals surface area contributed by atoms with Gasteiger partial charge in [0, 0.05) is 6.07 Å². The zero-order valence-electron chi connectivity index (χ0n) is 10.2. The summed E-state index contributed by atoms with van der Waals surface area (Å²) in [4.78, 5) is 12.8. The first-order valence-corrected chi connectivity index (χ1v) is 7.48. The maximum atomic E-state index is 12.2. The van der Waals surface area contributed by atoms with E-state index in [2.05, 4.69) is 21.2 Å². The molecule has 1 aliphatic carbocycles. The van der Waals surface area contributed by atoms with Crippen LogP contribution in [-0.2, 0) is 0 Å². The predicted octanol–water partition coefficient (Wildman–Crippen LogP) is 2.55. The van der Waals surface area contributed by atoms with E-state index >= 15 is 0 Å². The number of aliphatic hydroxyl groups is 1. The van der Waals surface area contributed by atoms with Crippen molar-refractivity contribution in [2.45, 2.75) is 31.2 Å². The zero-order valence-corrected chi connectivity index (χ0v) is 12.6. The number of aliphatic hydroxyl groups excluding tert-OH is 1. The first-order valence-electron chi connectivity index (χ1n) is 5.87. The van der Waals surface area contributed by atoms with Crippen molar-refractivity contribution in [3.63, 3.8) is 0 Å². The molecule has 1 amide bonds. The Hall–Kier alpha value is -0.590. The maximum absolute atomic E-state index is 12.2. The number of amides is 1. The molecule has 2 rings (SSSR count). The zero-order chi connectivity index (χ0) is 13.2. The van der Waals surface area contributed by atoms with Crippen LogP contribution >= 0.6 is 27.3 Å². The Morgan fingerprint density at radius 1 is 1.61 bits per heavy atom. The van der Waals surface area contributed by atoms with Crippen molar-refractivity contribution in [1.29, 1.82) is 0 Å². The van der Waals surface area contributed by atoms with E-state index in [1.54, 1.807) is 13.2 Å². The summed E-state index contributed by atoms with van der Waals surface area (Å²) in [6.45, 7) is 0.00240. The average molecular weight is 334 g/mol. The minimum atomic E-state index is -0.430. The van der Waals surface area contributed by atoms with E-state index in [-0.39, 0.29) is 12.5 Å². The summed E-state index contributed by atoms with van der Waals surface area (Å²) in [5.41, 5.74) is -0.430. The van der Waals surface area contributed by atoms with Gasteiger partial charge < -0.3 is 15.2 Å². The van der Waals surface area contributed by atoms with Crippen molar-refractivity contribution in [1.82, 2.24) is 5.32 Å². The molecule has 1 heterocycles. The fraction of sp³-hybridized carbons (Fsp3) is 0.583. The van der Waals surface area contributed by atoms with Crippen LogP contribution < -0.4 is 10.1 Å². The fourth-order valence-corrected chi connectivity index (χ4v) is 3.83. The minimum Gasteiger partial charge on any atom is -0.495 e. The molecule has 0 bridgehead atoms. The third kappa shape index (κ3) is 2.70. The number of hydrogen-bond donors (Lipinski definition) is 2. The minimum absolute atomic E-state index is 0.00240. The number of rotatable bonds is 4. The van der Waals surface area contributed by atoms with Crippen LogP contribution in [0.1, 0.15) is 35.4 Å². The number of ether oxygens (including phenoxy) is 1. The molecule has 0 unspecified atom stereocenters. The molecule has 2 N–H and O–H groups in total. The van der Waals surface area contributed by atoms with Gasteiger partial charge in [-0.2, -0.15) is 0 Å². The van der Waals surface area contributed by atoms with Gasteiger partial charge in [0.05, 0.1) is 24.1 Å². The molecule has 1 saturated carbocycles. The molecule has 4 nitrogen and oxygen atoms in total. The van der Waals surface area contributed by atoms with E-state index in [0.717, 1.165) is 29.5 Å². The van der Waals surface area contributed by atoms with Gasteiger partial charge >= 0.3 is 0 Å². The third-order valence-electron chi connectivity index (χ3n) is 3.34. The first kappa shape index (κ1) is 13.8. The largest absolute Gasteiger partial charge is 0.495 e. The SMILES string of the molecule is COc1cc(C(=O)NC2(CO)CCCC2)sc1Br. The lowest BCUT2D eigenvalue weighted by Gasteiger charge is -2.27. The number of thiophene rings is 1. The molecule has 1 aliphatic rings. The lowest BCUT2D eigenvalue weighted by atomic mass is 9.99. The van der Waals surface area contributed by atoms with E-state index in [9.17, 15) is 9.90 Å². The van der Waals surface area contributed by atoms with Gasteiger partial charge in [-0.3, -0.25) is 4.79 Å². The summed E-state index contributed by atoms with van der Waals surface area (Å²) in [6.07, 6.45) is 3.80. The van der Waals surface area contributed by atoms with Crippen molar-refractivity contribution in [2.75, 3.05) is 13.7 Å². The first-order chi connectivity index (χ1) is 8.60. The van der Waals surface area contributed by atoms with Gasteiger partial charge in [-0.15, -0.1) is 11.3 Å². The Morgan fingerprint density at radius 2 is 2.28 bits per heavy atom. The van der Waals surface area contributed by atoms with Crippen LogP contribution in [0.4, 0.5) is 0 Å². The lowest BCUT2D eigenvalue weighted by Crippen LogP contribution is -2.49. The number of carbonyl (C=O) groups is 1. The van der Waals surface area contributed by atoms with Crippen LogP contribution in [0.3, 0.4) is 0 Å². The molecule has 0 atom stereocenters. The molecule has 1 fully saturated rings. The Labute approximate surface area is 118 Å². The van der Waals surface area contributed by atoms with E-state index in [1.165, 1.54) is 11.3 Å². The maximum Gasteiger partial charge on any atom is 0.262 e. The average Bonchev–Trinajstić information content (AvgIpc) is 2.96. The van der Waals surface area contributed by atoms with Crippen LogP contribution in [-0.4, -0.2) is 30.3 Å². The molecule has 0 radical (unpaired) electrons. The molecule has 18 heavy (non-hydrogen) atoms. The topological polar surface area (TPSA) is 58.6 Å². The molecule has 1 aromatic rings. The highest BCUT2D eigenvalue weighted by atomic mass is 79.9. The summed E-state index contributed by atoms with van der Waals surface area (Å²) < 4.78 is 5.94. The van der Waals surface area contributed by atoms with Gasteiger partial charge in [-0.1, -0.05) is 12.8 Å². The summed E-state index contributed by atoms with van der Waals surface area (Å²) in [7, 11) is 1.57. The van der Waals surface area contributed by atoms with Crippen molar-refractivity contribution >= 4 is 33.2 Å². The van der Waals surface area contributed by atoms with Gasteiger partial charge in [-0.05, 0) is 28.8 Å². The fourth-order valence-electron chi connectivity index (χ4n) is 2.28. The van der Waals surface area contributed by atoms with E-state index in [4.69, 9.17) is 4.74 Å². The molecule has 0 aromatic carbocycles. The van der Waals surface area contributed by atoms with Crippen molar-refractivity contribution in [3.05, 3.63) is 14.7 Å². The summed E-state index contributed by atoms with van der Waals surface area (Å²) in [5, 5.41) is 12.4. The lowest BCUT2D eigenvalue weighted by molar-refractivity contribution is 0.0842. The van der Waals surface area contributed by atoms with Gasteiger partial charge in [0.2, 0.25) is 0 Å². The normalized spacial score (nSPS) is 17.7. The molecule has 0 spiro atoms. The second-order valence-corrected chi connectivity index (χ2v) is 6.92. The smallest absolute Gasteiger partial charge is 0.262 e. The molecular formula is C12H16BrNO3S. The molecule has 100 valence electrons. The second-order valence-electron chi connectivity index (χ2n) is 4.55. The van der Waals surface area contributed by atoms with Crippen molar-refractivity contribution in [3.8, 4) is 5.75 Å². The van der Waals surface area contributed by atoms with Crippen LogP contribution in [0.15, 0.2) is 9.85 Å². The Balaban J connectivity index is 2.11. The van der Waals surface area contributed by atoms with Crippen molar-refractivity contribution < 1.29 is 14.6 Å². The molecule has 0 aliphatic heterocycles. The Bertz CT molecular complexity index is 441. The van der Waals surface area contributed by atoms with E-state index < -0.39 is 5.54 Å². The van der Waals surface area contributed by atoms with Gasteiger partial charge in [0.1, 0.15) is 9.54 Å². The second kappa shape index (κ2) is 5.59. The number of halogens is 1. The Kier molecular flexibility index (Phi) is 4.29. The highest BCUT2D eigenvalue weighted by molar-refractivity contribution is 9.11. The molecule has 6 heteroatoms. The third-order valence-corrected chi connectivity index (χ3v) is 5.12. The van der Waals surface area contributed by atoms with Crippen molar-refractivity contribution in [2.24, 2.45) is 0 Å². The van der Waals surface area contributed by atoms with Gasteiger partial charge in [-0.25, -0.2) is 0 Å². The quantitative estimate of drug-likeness (QED) is 0.890. The van der Waals surface area contributed by atoms with Gasteiger partial charge in [0.15, 0.2) is 0 Å². The number of methoxy groups -OCH3 is 1. The van der Waals surface area contributed by atoms with Crippen LogP contribution in [0.2, 0.25) is 0 Å². The van der Waals surface area contributed by atoms with Gasteiger partial charge in [0.25, 0.3) is 5.91 Å². The number of hydrogen-bond acceptors (Lipinski definition) is 4. The van der Waals surface area contributed by atoms with Crippen LogP contribution in [0.25, 0.3) is 0 Å². The monoisotopic (exact) mass is 333 g/mol. The summed E-state index contributed by atoms with van der Waals surface area (Å²) >= 11 is 4.69. The standard InChI is InChI=1S/C12H16BrNO3S/c1-17-8-6-9(18-10(8)13)11(16)14-12(7-15)4-2-3-5-12/h6,15H,2-5,7H2,1H3,(H,14,16). The molecule has 0 saturated heterocycles. The van der Waals surface area contributed by atoms with Crippen LogP contribution in [0.5, 0.6) is 5.75 Å². The molecule has 1 aromatic heterocycles. The number of nitrogens with one attached hydrogen (secondary N) is 1. The Morgan fingerprint density at radius 3 is 2.78 bits per heavy atom. The highest BCUT2D eigenvalue weighted by Gasteiger charge is 2.35.